The number of carboxylic acid groups (broad SMARTS) is 1. The number of furan rings is 1. The number of rotatable bonds is 7. The monoisotopic (exact) mass is 332 g/mol. The molecule has 0 spiro atoms. The summed E-state index contributed by atoms with van der Waals surface area (Å²) < 4.78 is 29.7. The van der Waals surface area contributed by atoms with Crippen LogP contribution < -0.4 is 5.32 Å². The van der Waals surface area contributed by atoms with Crippen molar-refractivity contribution in [2.45, 2.75) is 31.4 Å². The first kappa shape index (κ1) is 18.2. The number of aliphatic carboxylic acids is 1. The lowest BCUT2D eigenvalue weighted by atomic mass is 10.0. The van der Waals surface area contributed by atoms with E-state index in [1.54, 1.807) is 0 Å². The summed E-state index contributed by atoms with van der Waals surface area (Å²) in [5.41, 5.74) is 0. The number of carboxylic acids is 1. The third-order valence-corrected chi connectivity index (χ3v) is 4.54. The zero-order valence-corrected chi connectivity index (χ0v) is 13.7. The van der Waals surface area contributed by atoms with Crippen LogP contribution in [0.4, 0.5) is 0 Å². The Hall–Kier alpha value is -1.87. The Balaban J connectivity index is 2.91. The van der Waals surface area contributed by atoms with Crippen LogP contribution in [0.1, 0.15) is 30.8 Å². The van der Waals surface area contributed by atoms with Gasteiger partial charge < -0.3 is 14.8 Å². The molecule has 9 heteroatoms. The topological polar surface area (TPSA) is 117 Å². The molecule has 0 saturated heterocycles. The van der Waals surface area contributed by atoms with Crippen molar-refractivity contribution in [3.63, 3.8) is 0 Å². The minimum Gasteiger partial charge on any atom is -0.480 e. The van der Waals surface area contributed by atoms with Crippen LogP contribution in [-0.2, 0) is 14.8 Å². The second-order valence-corrected chi connectivity index (χ2v) is 7.48. The number of nitrogens with one attached hydrogen (secondary N) is 1. The van der Waals surface area contributed by atoms with Gasteiger partial charge >= 0.3 is 5.97 Å². The Labute approximate surface area is 129 Å². The summed E-state index contributed by atoms with van der Waals surface area (Å²) in [6, 6.07) is 1.29. The van der Waals surface area contributed by atoms with Crippen LogP contribution in [0.15, 0.2) is 21.6 Å². The number of amides is 1. The number of hydrogen-bond acceptors (Lipinski definition) is 5. The van der Waals surface area contributed by atoms with E-state index in [0.717, 1.165) is 10.4 Å². The molecule has 0 aliphatic heterocycles. The standard InChI is InChI=1S/C13H20N2O6S/c1-8(2)7-9(13(17)18)14-12(16)10-5-6-11(21-10)22(19,20)15(3)4/h5-6,8-9H,7H2,1-4H3,(H,14,16)(H,17,18)/t9-/m0/s1. The van der Waals surface area contributed by atoms with Gasteiger partial charge in [-0.3, -0.25) is 4.79 Å². The van der Waals surface area contributed by atoms with Gasteiger partial charge in [-0.2, -0.15) is 0 Å². The zero-order chi connectivity index (χ0) is 17.1. The Kier molecular flexibility index (Phi) is 5.72. The van der Waals surface area contributed by atoms with Crippen molar-refractivity contribution in [3.05, 3.63) is 17.9 Å². The molecule has 22 heavy (non-hydrogen) atoms. The van der Waals surface area contributed by atoms with Crippen LogP contribution >= 0.6 is 0 Å². The van der Waals surface area contributed by atoms with E-state index in [1.165, 1.54) is 20.2 Å². The summed E-state index contributed by atoms with van der Waals surface area (Å²) >= 11 is 0. The summed E-state index contributed by atoms with van der Waals surface area (Å²) in [5, 5.41) is 11.0. The summed E-state index contributed by atoms with van der Waals surface area (Å²) in [7, 11) is -1.11. The second-order valence-electron chi connectivity index (χ2n) is 5.40. The van der Waals surface area contributed by atoms with Crippen molar-refractivity contribution in [3.8, 4) is 0 Å². The SMILES string of the molecule is CC(C)C[C@H](NC(=O)c1ccc(S(=O)(=O)N(C)C)o1)C(=O)O. The summed E-state index contributed by atoms with van der Waals surface area (Å²) in [6.45, 7) is 3.66. The predicted octanol–water partition coefficient (Wildman–Crippen LogP) is 0.759. The molecule has 0 aliphatic rings. The van der Waals surface area contributed by atoms with E-state index in [0.29, 0.717) is 0 Å². The fourth-order valence-corrected chi connectivity index (χ4v) is 2.48. The maximum Gasteiger partial charge on any atom is 0.326 e. The smallest absolute Gasteiger partial charge is 0.326 e. The third-order valence-electron chi connectivity index (χ3n) is 2.85. The Morgan fingerprint density at radius 1 is 1.32 bits per heavy atom. The van der Waals surface area contributed by atoms with E-state index >= 15 is 0 Å². The minimum atomic E-state index is -3.78. The molecule has 2 N–H and O–H groups in total. The molecule has 1 rings (SSSR count). The van der Waals surface area contributed by atoms with Crippen LogP contribution in [0.5, 0.6) is 0 Å². The highest BCUT2D eigenvalue weighted by Gasteiger charge is 2.26. The highest BCUT2D eigenvalue weighted by atomic mass is 32.2. The van der Waals surface area contributed by atoms with Crippen molar-refractivity contribution in [2.24, 2.45) is 5.92 Å². The molecule has 1 aromatic heterocycles. The van der Waals surface area contributed by atoms with Gasteiger partial charge in [0.25, 0.3) is 15.9 Å². The molecule has 0 aromatic carbocycles. The van der Waals surface area contributed by atoms with E-state index in [1.807, 2.05) is 13.8 Å². The van der Waals surface area contributed by atoms with Gasteiger partial charge in [0.15, 0.2) is 5.76 Å². The summed E-state index contributed by atoms with van der Waals surface area (Å²) in [4.78, 5) is 23.1. The highest BCUT2D eigenvalue weighted by molar-refractivity contribution is 7.88. The van der Waals surface area contributed by atoms with E-state index in [4.69, 9.17) is 9.52 Å². The van der Waals surface area contributed by atoms with Gasteiger partial charge in [0.2, 0.25) is 5.09 Å². The molecule has 0 saturated carbocycles. The van der Waals surface area contributed by atoms with E-state index in [9.17, 15) is 18.0 Å². The zero-order valence-electron chi connectivity index (χ0n) is 12.9. The molecular formula is C13H20N2O6S. The normalized spacial score (nSPS) is 13.4. The van der Waals surface area contributed by atoms with Gasteiger partial charge in [-0.1, -0.05) is 13.8 Å². The van der Waals surface area contributed by atoms with Crippen LogP contribution in [-0.4, -0.2) is 49.8 Å². The summed E-state index contributed by atoms with van der Waals surface area (Å²) in [6.07, 6.45) is 0.255. The first-order valence-electron chi connectivity index (χ1n) is 6.61. The Bertz CT molecular complexity index is 647. The fourth-order valence-electron chi connectivity index (χ4n) is 1.68. The van der Waals surface area contributed by atoms with Crippen molar-refractivity contribution in [1.29, 1.82) is 0 Å². The molecule has 1 amide bonds. The largest absolute Gasteiger partial charge is 0.480 e. The number of carbonyl (C=O) groups is 2. The molecule has 1 aromatic rings. The van der Waals surface area contributed by atoms with Gasteiger partial charge in [-0.25, -0.2) is 17.5 Å². The lowest BCUT2D eigenvalue weighted by Crippen LogP contribution is -2.41. The van der Waals surface area contributed by atoms with Crippen LogP contribution in [0.25, 0.3) is 0 Å². The number of carbonyl (C=O) groups excluding carboxylic acids is 1. The maximum atomic E-state index is 12.0. The van der Waals surface area contributed by atoms with E-state index in [-0.39, 0.29) is 23.2 Å². The molecule has 0 fully saturated rings. The summed E-state index contributed by atoms with van der Waals surface area (Å²) in [5.74, 6) is -2.11. The molecule has 0 bridgehead atoms. The van der Waals surface area contributed by atoms with Crippen molar-refractivity contribution in [2.75, 3.05) is 14.1 Å². The molecule has 0 radical (unpaired) electrons. The van der Waals surface area contributed by atoms with Crippen LogP contribution in [0.2, 0.25) is 0 Å². The molecule has 0 unspecified atom stereocenters. The molecular weight excluding hydrogens is 312 g/mol. The van der Waals surface area contributed by atoms with Crippen molar-refractivity contribution < 1.29 is 27.5 Å². The minimum absolute atomic E-state index is 0.0719. The van der Waals surface area contributed by atoms with Crippen LogP contribution in [0.3, 0.4) is 0 Å². The maximum absolute atomic E-state index is 12.0. The van der Waals surface area contributed by atoms with Gasteiger partial charge in [0.05, 0.1) is 0 Å². The molecule has 1 atom stereocenters. The highest BCUT2D eigenvalue weighted by Crippen LogP contribution is 2.17. The van der Waals surface area contributed by atoms with Gasteiger partial charge in [0, 0.05) is 14.1 Å². The van der Waals surface area contributed by atoms with Crippen molar-refractivity contribution in [1.82, 2.24) is 9.62 Å². The molecule has 8 nitrogen and oxygen atoms in total. The van der Waals surface area contributed by atoms with E-state index in [2.05, 4.69) is 5.32 Å². The fraction of sp³-hybridized carbons (Fsp3) is 0.538. The van der Waals surface area contributed by atoms with Gasteiger partial charge in [0.1, 0.15) is 6.04 Å². The number of nitrogens with zero attached hydrogens (tertiary/aromatic N) is 1. The third kappa shape index (κ3) is 4.31. The Morgan fingerprint density at radius 2 is 1.91 bits per heavy atom. The molecule has 0 aliphatic carbocycles. The predicted molar refractivity (Wildman–Crippen MR) is 77.9 cm³/mol. The van der Waals surface area contributed by atoms with Crippen LogP contribution in [0, 0.1) is 5.92 Å². The van der Waals surface area contributed by atoms with Crippen molar-refractivity contribution >= 4 is 21.9 Å². The lowest BCUT2D eigenvalue weighted by molar-refractivity contribution is -0.139. The van der Waals surface area contributed by atoms with E-state index < -0.39 is 27.9 Å². The second kappa shape index (κ2) is 6.93. The molecule has 1 heterocycles. The average Bonchev–Trinajstić information content (AvgIpc) is 2.87. The number of sulfonamides is 1. The van der Waals surface area contributed by atoms with Gasteiger partial charge in [-0.15, -0.1) is 0 Å². The first-order valence-corrected chi connectivity index (χ1v) is 8.05. The quantitative estimate of drug-likeness (QED) is 0.761. The number of hydrogen-bond donors (Lipinski definition) is 2. The lowest BCUT2D eigenvalue weighted by Gasteiger charge is -2.15. The van der Waals surface area contributed by atoms with Gasteiger partial charge in [-0.05, 0) is 24.5 Å². The Morgan fingerprint density at radius 3 is 2.36 bits per heavy atom. The molecule has 124 valence electrons. The first-order chi connectivity index (χ1) is 10.1. The average molecular weight is 332 g/mol.